The molecule has 2 N–H and O–H groups in total. The van der Waals surface area contributed by atoms with E-state index in [0.29, 0.717) is 5.69 Å². The highest BCUT2D eigenvalue weighted by atomic mass is 16.5. The molecule has 1 aromatic carbocycles. The summed E-state index contributed by atoms with van der Waals surface area (Å²) in [4.78, 5) is 23.8. The first-order valence-electron chi connectivity index (χ1n) is 8.47. The van der Waals surface area contributed by atoms with Gasteiger partial charge in [0.25, 0.3) is 0 Å². The van der Waals surface area contributed by atoms with Crippen LogP contribution in [0.15, 0.2) is 30.3 Å². The number of para-hydroxylation sites is 1. The van der Waals surface area contributed by atoms with Crippen LogP contribution in [-0.2, 0) is 14.3 Å². The predicted molar refractivity (Wildman–Crippen MR) is 100 cm³/mol. The molecule has 7 heteroatoms. The van der Waals surface area contributed by atoms with E-state index in [1.165, 1.54) is 7.11 Å². The molecule has 0 bridgehead atoms. The van der Waals surface area contributed by atoms with E-state index in [9.17, 15) is 9.59 Å². The van der Waals surface area contributed by atoms with Gasteiger partial charge < -0.3 is 15.4 Å². The van der Waals surface area contributed by atoms with Crippen LogP contribution >= 0.6 is 0 Å². The standard InChI is InChI=1S/C19H26N4O3/c1-13-18(14(2)23(22-13)15-9-7-6-8-10-15)21-16(24)12-20-19(3,4)11-17(25)26-5/h6-10,20H,11-12H2,1-5H3,(H,21,24). The third kappa shape index (κ3) is 4.92. The van der Waals surface area contributed by atoms with Crippen LogP contribution in [0, 0.1) is 13.8 Å². The molecule has 0 atom stereocenters. The Bertz CT molecular complexity index is 782. The van der Waals surface area contributed by atoms with Crippen molar-refractivity contribution >= 4 is 17.6 Å². The highest BCUT2D eigenvalue weighted by molar-refractivity contribution is 5.93. The second kappa shape index (κ2) is 8.14. The Labute approximate surface area is 153 Å². The molecule has 7 nitrogen and oxygen atoms in total. The first kappa shape index (κ1) is 19.7. The number of methoxy groups -OCH3 is 1. The van der Waals surface area contributed by atoms with Crippen LogP contribution in [0.3, 0.4) is 0 Å². The number of nitrogens with one attached hydrogen (secondary N) is 2. The third-order valence-electron chi connectivity index (χ3n) is 4.10. The number of hydrogen-bond acceptors (Lipinski definition) is 5. The lowest BCUT2D eigenvalue weighted by atomic mass is 10.0. The Morgan fingerprint density at radius 2 is 1.85 bits per heavy atom. The second-order valence-corrected chi connectivity index (χ2v) is 6.83. The maximum absolute atomic E-state index is 12.3. The van der Waals surface area contributed by atoms with Crippen LogP contribution in [-0.4, -0.2) is 40.9 Å². The van der Waals surface area contributed by atoms with Gasteiger partial charge in [0, 0.05) is 5.54 Å². The van der Waals surface area contributed by atoms with Crippen molar-refractivity contribution in [3.63, 3.8) is 0 Å². The third-order valence-corrected chi connectivity index (χ3v) is 4.10. The quantitative estimate of drug-likeness (QED) is 0.742. The zero-order chi connectivity index (χ0) is 19.3. The van der Waals surface area contributed by atoms with Gasteiger partial charge in [-0.25, -0.2) is 4.68 Å². The molecule has 0 fully saturated rings. The summed E-state index contributed by atoms with van der Waals surface area (Å²) < 4.78 is 6.48. The fraction of sp³-hybridized carbons (Fsp3) is 0.421. The van der Waals surface area contributed by atoms with Crippen LogP contribution in [0.1, 0.15) is 31.7 Å². The van der Waals surface area contributed by atoms with Gasteiger partial charge in [-0.2, -0.15) is 5.10 Å². The molecule has 0 aliphatic heterocycles. The molecule has 1 amide bonds. The van der Waals surface area contributed by atoms with Crippen molar-refractivity contribution in [3.05, 3.63) is 41.7 Å². The first-order chi connectivity index (χ1) is 12.2. The Morgan fingerprint density at radius 3 is 2.46 bits per heavy atom. The van der Waals surface area contributed by atoms with Crippen LogP contribution < -0.4 is 10.6 Å². The van der Waals surface area contributed by atoms with Crippen molar-refractivity contribution < 1.29 is 14.3 Å². The van der Waals surface area contributed by atoms with E-state index >= 15 is 0 Å². The number of aromatic nitrogens is 2. The molecule has 0 unspecified atom stereocenters. The Balaban J connectivity index is 2.04. The summed E-state index contributed by atoms with van der Waals surface area (Å²) in [6.45, 7) is 7.55. The summed E-state index contributed by atoms with van der Waals surface area (Å²) in [6, 6.07) is 9.75. The van der Waals surface area contributed by atoms with Gasteiger partial charge in [0.05, 0.1) is 42.8 Å². The fourth-order valence-electron chi connectivity index (χ4n) is 2.64. The first-order valence-corrected chi connectivity index (χ1v) is 8.47. The van der Waals surface area contributed by atoms with Gasteiger partial charge in [-0.15, -0.1) is 0 Å². The molecule has 2 aromatic rings. The Hall–Kier alpha value is -2.67. The molecule has 0 saturated heterocycles. The number of amides is 1. The molecule has 0 spiro atoms. The number of benzene rings is 1. The van der Waals surface area contributed by atoms with Crippen LogP contribution in [0.2, 0.25) is 0 Å². The zero-order valence-corrected chi connectivity index (χ0v) is 15.9. The van der Waals surface area contributed by atoms with Crippen molar-refractivity contribution in [2.45, 2.75) is 39.7 Å². The zero-order valence-electron chi connectivity index (χ0n) is 15.9. The van der Waals surface area contributed by atoms with Gasteiger partial charge in [-0.3, -0.25) is 9.59 Å². The van der Waals surface area contributed by atoms with Gasteiger partial charge in [0.1, 0.15) is 0 Å². The van der Waals surface area contributed by atoms with Crippen molar-refractivity contribution in [1.82, 2.24) is 15.1 Å². The highest BCUT2D eigenvalue weighted by Crippen LogP contribution is 2.22. The summed E-state index contributed by atoms with van der Waals surface area (Å²) in [5, 5.41) is 10.5. The molecule has 1 heterocycles. The minimum Gasteiger partial charge on any atom is -0.469 e. The number of hydrogen-bond donors (Lipinski definition) is 2. The van der Waals surface area contributed by atoms with Crippen molar-refractivity contribution in [2.75, 3.05) is 19.0 Å². The lowest BCUT2D eigenvalue weighted by Gasteiger charge is -2.24. The Kier molecular flexibility index (Phi) is 6.15. The van der Waals surface area contributed by atoms with E-state index in [1.807, 2.05) is 58.0 Å². The van der Waals surface area contributed by atoms with Gasteiger partial charge in [0.2, 0.25) is 5.91 Å². The van der Waals surface area contributed by atoms with Crippen molar-refractivity contribution in [1.29, 1.82) is 0 Å². The molecular weight excluding hydrogens is 332 g/mol. The minimum atomic E-state index is -0.539. The van der Waals surface area contributed by atoms with Gasteiger partial charge in [-0.05, 0) is 39.8 Å². The molecule has 0 radical (unpaired) electrons. The summed E-state index contributed by atoms with van der Waals surface area (Å²) in [6.07, 6.45) is 0.181. The van der Waals surface area contributed by atoms with Crippen molar-refractivity contribution in [3.8, 4) is 5.69 Å². The van der Waals surface area contributed by atoms with E-state index in [0.717, 1.165) is 17.1 Å². The Morgan fingerprint density at radius 1 is 1.19 bits per heavy atom. The fourth-order valence-corrected chi connectivity index (χ4v) is 2.64. The number of carbonyl (C=O) groups is 2. The largest absolute Gasteiger partial charge is 0.469 e. The number of anilines is 1. The number of carbonyl (C=O) groups excluding carboxylic acids is 2. The summed E-state index contributed by atoms with van der Waals surface area (Å²) in [7, 11) is 1.35. The van der Waals surface area contributed by atoms with E-state index < -0.39 is 5.54 Å². The maximum Gasteiger partial charge on any atom is 0.307 e. The lowest BCUT2D eigenvalue weighted by molar-refractivity contribution is -0.142. The second-order valence-electron chi connectivity index (χ2n) is 6.83. The maximum atomic E-state index is 12.3. The van der Waals surface area contributed by atoms with E-state index in [2.05, 4.69) is 20.5 Å². The average molecular weight is 358 g/mol. The minimum absolute atomic E-state index is 0.0827. The number of nitrogens with zero attached hydrogens (tertiary/aromatic N) is 2. The SMILES string of the molecule is COC(=O)CC(C)(C)NCC(=O)Nc1c(C)nn(-c2ccccc2)c1C. The predicted octanol–water partition coefficient (Wildman–Crippen LogP) is 2.36. The number of esters is 1. The van der Waals surface area contributed by atoms with Crippen LogP contribution in [0.25, 0.3) is 5.69 Å². The number of rotatable bonds is 7. The van der Waals surface area contributed by atoms with E-state index in [4.69, 9.17) is 0 Å². The molecule has 1 aromatic heterocycles. The van der Waals surface area contributed by atoms with Gasteiger partial charge >= 0.3 is 5.97 Å². The van der Waals surface area contributed by atoms with Crippen molar-refractivity contribution in [2.24, 2.45) is 0 Å². The van der Waals surface area contributed by atoms with Gasteiger partial charge in [-0.1, -0.05) is 18.2 Å². The molecule has 0 saturated carbocycles. The van der Waals surface area contributed by atoms with E-state index in [-0.39, 0.29) is 24.8 Å². The normalized spacial score (nSPS) is 11.3. The average Bonchev–Trinajstić information content (AvgIpc) is 2.88. The molecule has 26 heavy (non-hydrogen) atoms. The highest BCUT2D eigenvalue weighted by Gasteiger charge is 2.23. The van der Waals surface area contributed by atoms with E-state index in [1.54, 1.807) is 4.68 Å². The summed E-state index contributed by atoms with van der Waals surface area (Å²) in [5.74, 6) is -0.513. The molecule has 0 aliphatic rings. The lowest BCUT2D eigenvalue weighted by Crippen LogP contribution is -2.45. The molecular formula is C19H26N4O3. The number of aryl methyl sites for hydroxylation is 1. The topological polar surface area (TPSA) is 85.2 Å². The monoisotopic (exact) mass is 358 g/mol. The summed E-state index contributed by atoms with van der Waals surface area (Å²) >= 11 is 0. The number of ether oxygens (including phenoxy) is 1. The molecule has 2 rings (SSSR count). The smallest absolute Gasteiger partial charge is 0.307 e. The summed E-state index contributed by atoms with van der Waals surface area (Å²) in [5.41, 5.74) is 2.70. The molecule has 0 aliphatic carbocycles. The van der Waals surface area contributed by atoms with Crippen LogP contribution in [0.5, 0.6) is 0 Å². The van der Waals surface area contributed by atoms with Crippen LogP contribution in [0.4, 0.5) is 5.69 Å². The van der Waals surface area contributed by atoms with Gasteiger partial charge in [0.15, 0.2) is 0 Å². The molecule has 140 valence electrons.